The van der Waals surface area contributed by atoms with E-state index in [4.69, 9.17) is 0 Å². The Morgan fingerprint density at radius 1 is 1.08 bits per heavy atom. The molecular formula is C10H24N2+2. The summed E-state index contributed by atoms with van der Waals surface area (Å²) >= 11 is 0. The van der Waals surface area contributed by atoms with E-state index in [1.54, 1.807) is 4.90 Å². The third kappa shape index (κ3) is 2.46. The lowest BCUT2D eigenvalue weighted by Crippen LogP contribution is -3.15. The molecule has 0 radical (unpaired) electrons. The highest BCUT2D eigenvalue weighted by molar-refractivity contribution is 4.69. The summed E-state index contributed by atoms with van der Waals surface area (Å²) in [6.45, 7) is 7.19. The van der Waals surface area contributed by atoms with Crippen LogP contribution in [-0.4, -0.2) is 25.2 Å². The summed E-state index contributed by atoms with van der Waals surface area (Å²) < 4.78 is 0. The minimum Gasteiger partial charge on any atom is -0.355 e. The van der Waals surface area contributed by atoms with E-state index in [0.29, 0.717) is 0 Å². The quantitative estimate of drug-likeness (QED) is 0.573. The average molecular weight is 172 g/mol. The van der Waals surface area contributed by atoms with Crippen molar-refractivity contribution in [2.24, 2.45) is 0 Å². The van der Waals surface area contributed by atoms with Crippen LogP contribution in [0.1, 0.15) is 39.5 Å². The number of quaternary nitrogens is 2. The van der Waals surface area contributed by atoms with Crippen LogP contribution in [0.3, 0.4) is 0 Å². The van der Waals surface area contributed by atoms with Crippen LogP contribution in [0.15, 0.2) is 0 Å². The Morgan fingerprint density at radius 2 is 1.58 bits per heavy atom. The molecule has 1 saturated carbocycles. The van der Waals surface area contributed by atoms with Crippen LogP contribution in [-0.2, 0) is 0 Å². The van der Waals surface area contributed by atoms with Gasteiger partial charge < -0.3 is 10.6 Å². The molecule has 1 aliphatic carbocycles. The Labute approximate surface area is 76.1 Å². The van der Waals surface area contributed by atoms with Crippen LogP contribution >= 0.6 is 0 Å². The molecule has 0 aromatic heterocycles. The molecule has 0 bridgehead atoms. The summed E-state index contributed by atoms with van der Waals surface area (Å²) in [5.41, 5.74) is 4.13. The van der Waals surface area contributed by atoms with Gasteiger partial charge in [-0.05, 0) is 13.8 Å². The number of nitrogens with one attached hydrogen (secondary N) is 1. The molecule has 1 rings (SSSR count). The zero-order valence-electron chi connectivity index (χ0n) is 8.60. The average Bonchev–Trinajstić information content (AvgIpc) is 2.10. The van der Waals surface area contributed by atoms with Crippen molar-refractivity contribution in [3.05, 3.63) is 0 Å². The summed E-state index contributed by atoms with van der Waals surface area (Å²) in [4.78, 5) is 1.79. The first kappa shape index (κ1) is 10.0. The monoisotopic (exact) mass is 172 g/mol. The van der Waals surface area contributed by atoms with Crippen molar-refractivity contribution >= 4 is 0 Å². The van der Waals surface area contributed by atoms with Crippen LogP contribution in [0.25, 0.3) is 0 Å². The molecule has 2 heteroatoms. The smallest absolute Gasteiger partial charge is 0.0879 e. The highest BCUT2D eigenvalue weighted by Crippen LogP contribution is 2.13. The zero-order valence-corrected chi connectivity index (χ0v) is 8.60. The summed E-state index contributed by atoms with van der Waals surface area (Å²) in [5.74, 6) is 0. The van der Waals surface area contributed by atoms with Gasteiger partial charge in [-0.1, -0.05) is 0 Å². The molecule has 0 aromatic rings. The molecule has 0 unspecified atom stereocenters. The molecule has 0 aliphatic heterocycles. The van der Waals surface area contributed by atoms with Gasteiger partial charge in [-0.15, -0.1) is 0 Å². The van der Waals surface area contributed by atoms with Crippen molar-refractivity contribution < 1.29 is 10.6 Å². The molecule has 0 spiro atoms. The molecular weight excluding hydrogens is 148 g/mol. The summed E-state index contributed by atoms with van der Waals surface area (Å²) in [6, 6.07) is 1.69. The van der Waals surface area contributed by atoms with Crippen LogP contribution in [0, 0.1) is 0 Å². The van der Waals surface area contributed by atoms with Gasteiger partial charge in [-0.25, -0.2) is 0 Å². The predicted octanol–water partition coefficient (Wildman–Crippen LogP) is -0.536. The maximum absolute atomic E-state index is 4.13. The number of hydrogen-bond donors (Lipinski definition) is 2. The van der Waals surface area contributed by atoms with E-state index in [2.05, 4.69) is 19.6 Å². The van der Waals surface area contributed by atoms with Crippen LogP contribution < -0.4 is 10.6 Å². The minimum atomic E-state index is 0.746. The van der Waals surface area contributed by atoms with Crippen molar-refractivity contribution in [2.75, 3.05) is 13.1 Å². The summed E-state index contributed by atoms with van der Waals surface area (Å²) in [5, 5.41) is 0. The molecule has 2 nitrogen and oxygen atoms in total. The van der Waals surface area contributed by atoms with Gasteiger partial charge in [-0.3, -0.25) is 0 Å². The van der Waals surface area contributed by atoms with Gasteiger partial charge in [0.25, 0.3) is 0 Å². The third-order valence-electron chi connectivity index (χ3n) is 3.33. The van der Waals surface area contributed by atoms with Gasteiger partial charge in [0.15, 0.2) is 0 Å². The Hall–Kier alpha value is -0.0800. The van der Waals surface area contributed by atoms with E-state index >= 15 is 0 Å². The molecule has 0 heterocycles. The van der Waals surface area contributed by atoms with Gasteiger partial charge in [0.05, 0.1) is 25.2 Å². The predicted molar refractivity (Wildman–Crippen MR) is 51.0 cm³/mol. The van der Waals surface area contributed by atoms with Gasteiger partial charge in [0.2, 0.25) is 0 Å². The van der Waals surface area contributed by atoms with E-state index in [1.165, 1.54) is 38.8 Å². The maximum atomic E-state index is 4.13. The third-order valence-corrected chi connectivity index (χ3v) is 3.33. The van der Waals surface area contributed by atoms with Crippen molar-refractivity contribution in [3.8, 4) is 0 Å². The fraction of sp³-hybridized carbons (Fsp3) is 1.00. The lowest BCUT2D eigenvalue weighted by atomic mass is 9.91. The van der Waals surface area contributed by atoms with Crippen LogP contribution in [0.4, 0.5) is 0 Å². The fourth-order valence-electron chi connectivity index (χ4n) is 2.40. The molecule has 0 atom stereocenters. The first-order valence-corrected chi connectivity index (χ1v) is 5.45. The minimum absolute atomic E-state index is 0.746. The van der Waals surface area contributed by atoms with E-state index in [0.717, 1.165) is 12.1 Å². The molecule has 0 amide bonds. The second kappa shape index (κ2) is 4.83. The second-order valence-corrected chi connectivity index (χ2v) is 4.08. The van der Waals surface area contributed by atoms with E-state index in [1.807, 2.05) is 0 Å². The van der Waals surface area contributed by atoms with Crippen LogP contribution in [0.5, 0.6) is 0 Å². The first-order valence-electron chi connectivity index (χ1n) is 5.45. The summed E-state index contributed by atoms with van der Waals surface area (Å²) in [7, 11) is 0. The first-order chi connectivity index (χ1) is 5.77. The van der Waals surface area contributed by atoms with Crippen molar-refractivity contribution in [1.82, 2.24) is 0 Å². The topological polar surface area (TPSA) is 32.1 Å². The fourth-order valence-corrected chi connectivity index (χ4v) is 2.40. The molecule has 4 N–H and O–H groups in total. The SMILES string of the molecule is CC[NH+](CC)C1CCC([NH3+])CC1. The van der Waals surface area contributed by atoms with E-state index in [9.17, 15) is 0 Å². The van der Waals surface area contributed by atoms with Gasteiger partial charge in [0, 0.05) is 25.7 Å². The molecule has 1 aliphatic rings. The molecule has 0 saturated heterocycles. The Kier molecular flexibility index (Phi) is 4.02. The number of rotatable bonds is 3. The Balaban J connectivity index is 2.32. The number of hydrogen-bond acceptors (Lipinski definition) is 0. The van der Waals surface area contributed by atoms with Crippen molar-refractivity contribution in [1.29, 1.82) is 0 Å². The lowest BCUT2D eigenvalue weighted by Gasteiger charge is -2.30. The standard InChI is InChI=1S/C10H22N2/c1-3-12(4-2)10-7-5-9(11)6-8-10/h9-10H,3-8,11H2,1-2H3/p+2. The van der Waals surface area contributed by atoms with Crippen LogP contribution in [0.2, 0.25) is 0 Å². The zero-order chi connectivity index (χ0) is 8.97. The Morgan fingerprint density at radius 3 is 2.00 bits per heavy atom. The van der Waals surface area contributed by atoms with Crippen molar-refractivity contribution in [2.45, 2.75) is 51.6 Å². The molecule has 1 fully saturated rings. The second-order valence-electron chi connectivity index (χ2n) is 4.08. The lowest BCUT2D eigenvalue weighted by molar-refractivity contribution is -0.923. The summed E-state index contributed by atoms with van der Waals surface area (Å²) in [6.07, 6.45) is 5.53. The van der Waals surface area contributed by atoms with E-state index < -0.39 is 0 Å². The molecule has 0 aromatic carbocycles. The largest absolute Gasteiger partial charge is 0.355 e. The van der Waals surface area contributed by atoms with E-state index in [-0.39, 0.29) is 0 Å². The van der Waals surface area contributed by atoms with Crippen molar-refractivity contribution in [3.63, 3.8) is 0 Å². The Bertz CT molecular complexity index is 113. The molecule has 12 heavy (non-hydrogen) atoms. The van der Waals surface area contributed by atoms with Gasteiger partial charge in [0.1, 0.15) is 0 Å². The normalized spacial score (nSPS) is 31.0. The maximum Gasteiger partial charge on any atom is 0.0879 e. The highest BCUT2D eigenvalue weighted by atomic mass is 15.1. The molecule has 72 valence electrons. The van der Waals surface area contributed by atoms with Gasteiger partial charge >= 0.3 is 0 Å². The highest BCUT2D eigenvalue weighted by Gasteiger charge is 2.26. The van der Waals surface area contributed by atoms with Gasteiger partial charge in [-0.2, -0.15) is 0 Å².